The van der Waals surface area contributed by atoms with Gasteiger partial charge < -0.3 is 15.8 Å². The Morgan fingerprint density at radius 3 is 2.77 bits per heavy atom. The zero-order chi connectivity index (χ0) is 21.9. The van der Waals surface area contributed by atoms with Crippen molar-refractivity contribution < 1.29 is 4.74 Å². The number of guanidine groups is 1. The first-order valence-corrected chi connectivity index (χ1v) is 10.8. The standard InChI is InChI=1S/C26H32N4O/c1-20(10-8-13-21-11-4-3-5-12-21)18-22-14-6-7-17-25(30-26(27)29-22)28-23-15-9-16-24(19-23)31-2/h3-5,9,11-12,15-17,19,28H,1,6-8,10,13-14,18H2,2H3,(H2,27,30)/b25-17+,29-22+. The summed E-state index contributed by atoms with van der Waals surface area (Å²) in [6, 6.07) is 18.3. The smallest absolute Gasteiger partial charge is 0.221 e. The maximum Gasteiger partial charge on any atom is 0.221 e. The van der Waals surface area contributed by atoms with Gasteiger partial charge >= 0.3 is 0 Å². The van der Waals surface area contributed by atoms with Crippen LogP contribution in [0.1, 0.15) is 44.1 Å². The van der Waals surface area contributed by atoms with Gasteiger partial charge in [0.05, 0.1) is 7.11 Å². The van der Waals surface area contributed by atoms with E-state index in [0.717, 1.165) is 62.1 Å². The summed E-state index contributed by atoms with van der Waals surface area (Å²) in [4.78, 5) is 9.10. The molecule has 3 N–H and O–H groups in total. The SMILES string of the molecule is C=C(CCCc1ccccc1)C/C1=N/C(N)=N\C(Nc2cccc(OC)c2)=C\CCC1. The summed E-state index contributed by atoms with van der Waals surface area (Å²) in [7, 11) is 1.65. The number of aliphatic imine (C=N–C) groups is 2. The zero-order valence-electron chi connectivity index (χ0n) is 18.3. The highest BCUT2D eigenvalue weighted by Gasteiger charge is 2.08. The molecule has 5 heteroatoms. The quantitative estimate of drug-likeness (QED) is 0.503. The van der Waals surface area contributed by atoms with Crippen molar-refractivity contribution in [1.29, 1.82) is 0 Å². The van der Waals surface area contributed by atoms with Gasteiger partial charge in [-0.1, -0.05) is 48.6 Å². The minimum absolute atomic E-state index is 0.274. The van der Waals surface area contributed by atoms with Crippen LogP contribution in [0.4, 0.5) is 5.69 Å². The first-order chi connectivity index (χ1) is 15.1. The molecule has 31 heavy (non-hydrogen) atoms. The number of anilines is 1. The first-order valence-electron chi connectivity index (χ1n) is 10.8. The number of hydrogen-bond acceptors (Lipinski definition) is 5. The molecular weight excluding hydrogens is 384 g/mol. The number of hydrogen-bond donors (Lipinski definition) is 2. The Balaban J connectivity index is 1.57. The van der Waals surface area contributed by atoms with Gasteiger partial charge in [0.2, 0.25) is 5.96 Å². The molecule has 0 aliphatic carbocycles. The number of methoxy groups -OCH3 is 1. The van der Waals surface area contributed by atoms with E-state index in [2.05, 4.69) is 58.3 Å². The van der Waals surface area contributed by atoms with Crippen molar-refractivity contribution in [2.24, 2.45) is 15.7 Å². The monoisotopic (exact) mass is 416 g/mol. The van der Waals surface area contributed by atoms with E-state index in [4.69, 9.17) is 10.5 Å². The summed E-state index contributed by atoms with van der Waals surface area (Å²) in [5, 5.41) is 3.31. The number of allylic oxidation sites excluding steroid dienone is 2. The van der Waals surface area contributed by atoms with E-state index in [-0.39, 0.29) is 5.96 Å². The molecule has 0 saturated carbocycles. The molecule has 1 heterocycles. The van der Waals surface area contributed by atoms with Gasteiger partial charge in [-0.25, -0.2) is 4.99 Å². The fraction of sp³-hybridized carbons (Fsp3) is 0.308. The van der Waals surface area contributed by atoms with Crippen LogP contribution < -0.4 is 15.8 Å². The summed E-state index contributed by atoms with van der Waals surface area (Å²) in [6.45, 7) is 4.27. The van der Waals surface area contributed by atoms with Crippen LogP contribution in [0.15, 0.2) is 88.6 Å². The van der Waals surface area contributed by atoms with Crippen LogP contribution in [0.3, 0.4) is 0 Å². The molecule has 0 unspecified atom stereocenters. The highest BCUT2D eigenvalue weighted by molar-refractivity contribution is 5.98. The molecule has 1 aliphatic heterocycles. The van der Waals surface area contributed by atoms with E-state index in [1.165, 1.54) is 11.1 Å². The van der Waals surface area contributed by atoms with E-state index < -0.39 is 0 Å². The molecule has 2 aromatic rings. The molecule has 0 radical (unpaired) electrons. The highest BCUT2D eigenvalue weighted by atomic mass is 16.5. The van der Waals surface area contributed by atoms with Crippen LogP contribution in [0.5, 0.6) is 5.75 Å². The van der Waals surface area contributed by atoms with Crippen molar-refractivity contribution in [2.75, 3.05) is 12.4 Å². The van der Waals surface area contributed by atoms with Crippen LogP contribution in [0.25, 0.3) is 0 Å². The van der Waals surface area contributed by atoms with E-state index in [1.807, 2.05) is 24.3 Å². The second-order valence-electron chi connectivity index (χ2n) is 7.75. The number of nitrogens with zero attached hydrogens (tertiary/aromatic N) is 2. The third-order valence-electron chi connectivity index (χ3n) is 5.15. The van der Waals surface area contributed by atoms with Crippen molar-refractivity contribution in [1.82, 2.24) is 0 Å². The third-order valence-corrected chi connectivity index (χ3v) is 5.15. The Labute approximate surface area is 185 Å². The molecule has 0 aromatic heterocycles. The lowest BCUT2D eigenvalue weighted by Crippen LogP contribution is -2.14. The van der Waals surface area contributed by atoms with Crippen LogP contribution in [0, 0.1) is 0 Å². The lowest BCUT2D eigenvalue weighted by Gasteiger charge is -2.09. The van der Waals surface area contributed by atoms with Gasteiger partial charge in [-0.3, -0.25) is 0 Å². The Bertz CT molecular complexity index is 960. The average molecular weight is 417 g/mol. The minimum Gasteiger partial charge on any atom is -0.497 e. The lowest BCUT2D eigenvalue weighted by atomic mass is 9.99. The summed E-state index contributed by atoms with van der Waals surface area (Å²) >= 11 is 0. The summed E-state index contributed by atoms with van der Waals surface area (Å²) in [5.41, 5.74) is 10.7. The zero-order valence-corrected chi connectivity index (χ0v) is 18.3. The molecule has 2 aromatic carbocycles. The van der Waals surface area contributed by atoms with Crippen LogP contribution in [0.2, 0.25) is 0 Å². The second kappa shape index (κ2) is 11.7. The Morgan fingerprint density at radius 1 is 1.13 bits per heavy atom. The summed E-state index contributed by atoms with van der Waals surface area (Å²) in [5.74, 6) is 1.77. The highest BCUT2D eigenvalue weighted by Crippen LogP contribution is 2.20. The predicted molar refractivity (Wildman–Crippen MR) is 131 cm³/mol. The van der Waals surface area contributed by atoms with Gasteiger partial charge in [-0.2, -0.15) is 4.99 Å². The van der Waals surface area contributed by atoms with Crippen molar-refractivity contribution in [3.8, 4) is 5.75 Å². The Morgan fingerprint density at radius 2 is 1.97 bits per heavy atom. The van der Waals surface area contributed by atoms with Gasteiger partial charge in [-0.05, 0) is 62.3 Å². The molecular formula is C26H32N4O. The Hall–Kier alpha value is -3.34. The molecule has 3 rings (SSSR count). The van der Waals surface area contributed by atoms with Gasteiger partial charge in [0.1, 0.15) is 11.6 Å². The van der Waals surface area contributed by atoms with Gasteiger partial charge in [0, 0.05) is 23.9 Å². The normalized spacial score (nSPS) is 19.3. The van der Waals surface area contributed by atoms with Gasteiger partial charge in [0.15, 0.2) is 0 Å². The fourth-order valence-corrected chi connectivity index (χ4v) is 3.58. The molecule has 0 spiro atoms. The molecule has 162 valence electrons. The number of ether oxygens (including phenoxy) is 1. The summed E-state index contributed by atoms with van der Waals surface area (Å²) < 4.78 is 5.28. The largest absolute Gasteiger partial charge is 0.497 e. The van der Waals surface area contributed by atoms with Crippen molar-refractivity contribution >= 4 is 17.4 Å². The van der Waals surface area contributed by atoms with E-state index in [0.29, 0.717) is 5.82 Å². The van der Waals surface area contributed by atoms with E-state index in [9.17, 15) is 0 Å². The van der Waals surface area contributed by atoms with E-state index >= 15 is 0 Å². The maximum atomic E-state index is 6.14. The number of aryl methyl sites for hydroxylation is 1. The third kappa shape index (κ3) is 7.78. The number of rotatable bonds is 9. The molecule has 0 saturated heterocycles. The lowest BCUT2D eigenvalue weighted by molar-refractivity contribution is 0.415. The number of nitrogens with two attached hydrogens (primary N) is 1. The predicted octanol–water partition coefficient (Wildman–Crippen LogP) is 5.86. The molecule has 0 fully saturated rings. The molecule has 0 atom stereocenters. The van der Waals surface area contributed by atoms with Crippen molar-refractivity contribution in [3.05, 3.63) is 84.2 Å². The molecule has 1 aliphatic rings. The average Bonchev–Trinajstić information content (AvgIpc) is 2.85. The maximum absolute atomic E-state index is 6.14. The molecule has 0 bridgehead atoms. The van der Waals surface area contributed by atoms with Crippen LogP contribution in [-0.4, -0.2) is 18.8 Å². The summed E-state index contributed by atoms with van der Waals surface area (Å²) in [6.07, 6.45) is 8.81. The molecule has 0 amide bonds. The van der Waals surface area contributed by atoms with Gasteiger partial charge in [-0.15, -0.1) is 0 Å². The van der Waals surface area contributed by atoms with E-state index in [1.54, 1.807) is 7.11 Å². The minimum atomic E-state index is 0.274. The van der Waals surface area contributed by atoms with Crippen LogP contribution >= 0.6 is 0 Å². The van der Waals surface area contributed by atoms with Gasteiger partial charge in [0.25, 0.3) is 0 Å². The van der Waals surface area contributed by atoms with Crippen molar-refractivity contribution in [3.63, 3.8) is 0 Å². The van der Waals surface area contributed by atoms with Crippen LogP contribution in [-0.2, 0) is 6.42 Å². The Kier molecular flexibility index (Phi) is 8.47. The van der Waals surface area contributed by atoms with Crippen molar-refractivity contribution in [2.45, 2.75) is 44.9 Å². The fourth-order valence-electron chi connectivity index (χ4n) is 3.58. The number of benzene rings is 2. The second-order valence-corrected chi connectivity index (χ2v) is 7.75. The molecule has 5 nitrogen and oxygen atoms in total. The topological polar surface area (TPSA) is 72.0 Å². The first kappa shape index (κ1) is 22.3. The number of nitrogens with one attached hydrogen (secondary N) is 1.